The van der Waals surface area contributed by atoms with E-state index >= 15 is 0 Å². The largest absolute Gasteiger partial charge is 0.347 e. The topological polar surface area (TPSA) is 74.3 Å². The van der Waals surface area contributed by atoms with E-state index in [1.165, 1.54) is 6.20 Å². The van der Waals surface area contributed by atoms with Crippen molar-refractivity contribution >= 4 is 17.5 Å². The minimum absolute atomic E-state index is 0.107. The summed E-state index contributed by atoms with van der Waals surface area (Å²) in [6.07, 6.45) is 3.16. The van der Waals surface area contributed by atoms with E-state index in [9.17, 15) is 9.59 Å². The van der Waals surface area contributed by atoms with Gasteiger partial charge in [-0.25, -0.2) is 0 Å². The predicted molar refractivity (Wildman–Crippen MR) is 82.9 cm³/mol. The minimum Gasteiger partial charge on any atom is -0.347 e. The number of anilines is 1. The number of rotatable bonds is 5. The summed E-state index contributed by atoms with van der Waals surface area (Å²) in [7, 11) is 3.95. The minimum atomic E-state index is -0.674. The fourth-order valence-electron chi connectivity index (χ4n) is 2.09. The number of pyridine rings is 1. The second-order valence-electron chi connectivity index (χ2n) is 6.23. The molecule has 6 heteroatoms. The van der Waals surface area contributed by atoms with Crippen LogP contribution in [-0.2, 0) is 9.59 Å². The van der Waals surface area contributed by atoms with E-state index in [0.29, 0.717) is 12.2 Å². The summed E-state index contributed by atoms with van der Waals surface area (Å²) in [4.78, 5) is 29.6. The molecular formula is C15H24N4O2. The van der Waals surface area contributed by atoms with Crippen LogP contribution in [0.2, 0.25) is 0 Å². The molecule has 0 unspecified atom stereocenters. The fourth-order valence-corrected chi connectivity index (χ4v) is 2.09. The lowest BCUT2D eigenvalue weighted by Crippen LogP contribution is -2.43. The number of aryl methyl sites for hydroxylation is 1. The molecule has 0 fully saturated rings. The zero-order valence-corrected chi connectivity index (χ0v) is 13.4. The first-order chi connectivity index (χ1) is 9.71. The molecule has 0 aliphatic heterocycles. The van der Waals surface area contributed by atoms with Gasteiger partial charge in [-0.1, -0.05) is 13.8 Å². The van der Waals surface area contributed by atoms with E-state index < -0.39 is 11.8 Å². The molecule has 0 aliphatic carbocycles. The third kappa shape index (κ3) is 5.91. The van der Waals surface area contributed by atoms with Crippen LogP contribution in [0.25, 0.3) is 0 Å². The maximum atomic E-state index is 11.8. The van der Waals surface area contributed by atoms with E-state index in [2.05, 4.69) is 15.6 Å². The molecule has 0 saturated heterocycles. The van der Waals surface area contributed by atoms with Gasteiger partial charge in [0.15, 0.2) is 0 Å². The van der Waals surface area contributed by atoms with Crippen molar-refractivity contribution < 1.29 is 9.59 Å². The zero-order chi connectivity index (χ0) is 16.0. The van der Waals surface area contributed by atoms with E-state index in [4.69, 9.17) is 0 Å². The van der Waals surface area contributed by atoms with Gasteiger partial charge in [0.2, 0.25) is 0 Å². The lowest BCUT2D eigenvalue weighted by atomic mass is 9.93. The van der Waals surface area contributed by atoms with Gasteiger partial charge in [0.1, 0.15) is 0 Å². The van der Waals surface area contributed by atoms with Crippen LogP contribution in [0, 0.1) is 12.3 Å². The smallest absolute Gasteiger partial charge is 0.313 e. The molecule has 1 rings (SSSR count). The Kier molecular flexibility index (Phi) is 5.84. The fraction of sp³-hybridized carbons (Fsp3) is 0.533. The van der Waals surface area contributed by atoms with Crippen molar-refractivity contribution in [2.45, 2.75) is 20.8 Å². The third-order valence-electron chi connectivity index (χ3n) is 2.97. The number of carbonyl (C=O) groups excluding carboxylic acids is 2. The van der Waals surface area contributed by atoms with Crippen LogP contribution >= 0.6 is 0 Å². The van der Waals surface area contributed by atoms with Crippen LogP contribution in [0.4, 0.5) is 5.69 Å². The number of aromatic nitrogens is 1. The van der Waals surface area contributed by atoms with Crippen LogP contribution in [0.3, 0.4) is 0 Å². The van der Waals surface area contributed by atoms with E-state index in [-0.39, 0.29) is 5.41 Å². The molecule has 0 aliphatic rings. The standard InChI is InChI=1S/C15H24N4O2/c1-11-6-7-16-8-12(11)18-14(21)13(20)17-9-15(2,3)10-19(4)5/h6-8H,9-10H2,1-5H3,(H,17,20)(H,18,21). The SMILES string of the molecule is Cc1ccncc1NC(=O)C(=O)NCC(C)(C)CN(C)C. The van der Waals surface area contributed by atoms with Crippen LogP contribution in [0.1, 0.15) is 19.4 Å². The number of nitrogens with zero attached hydrogens (tertiary/aromatic N) is 2. The van der Waals surface area contributed by atoms with Crippen molar-refractivity contribution in [2.75, 3.05) is 32.5 Å². The number of amides is 2. The molecule has 116 valence electrons. The molecule has 0 bridgehead atoms. The van der Waals surface area contributed by atoms with Crippen molar-refractivity contribution in [3.8, 4) is 0 Å². The molecule has 0 aromatic carbocycles. The molecule has 1 heterocycles. The van der Waals surface area contributed by atoms with Gasteiger partial charge in [-0.3, -0.25) is 14.6 Å². The summed E-state index contributed by atoms with van der Waals surface area (Å²) in [6, 6.07) is 1.77. The third-order valence-corrected chi connectivity index (χ3v) is 2.97. The number of hydrogen-bond acceptors (Lipinski definition) is 4. The van der Waals surface area contributed by atoms with Crippen LogP contribution < -0.4 is 10.6 Å². The molecule has 2 N–H and O–H groups in total. The van der Waals surface area contributed by atoms with E-state index in [1.807, 2.05) is 39.8 Å². The summed E-state index contributed by atoms with van der Waals surface area (Å²) in [5.41, 5.74) is 1.30. The average Bonchev–Trinajstić information content (AvgIpc) is 2.37. The van der Waals surface area contributed by atoms with Crippen LogP contribution in [-0.4, -0.2) is 48.9 Å². The second kappa shape index (κ2) is 7.17. The molecule has 1 aromatic rings. The van der Waals surface area contributed by atoms with E-state index in [1.54, 1.807) is 12.3 Å². The van der Waals surface area contributed by atoms with Gasteiger partial charge in [-0.05, 0) is 38.1 Å². The first-order valence-electron chi connectivity index (χ1n) is 6.86. The summed E-state index contributed by atoms with van der Waals surface area (Å²) in [5.74, 6) is -1.31. The molecule has 0 spiro atoms. The van der Waals surface area contributed by atoms with Gasteiger partial charge in [0.25, 0.3) is 0 Å². The molecule has 21 heavy (non-hydrogen) atoms. The lowest BCUT2D eigenvalue weighted by molar-refractivity contribution is -0.136. The number of hydrogen-bond donors (Lipinski definition) is 2. The maximum Gasteiger partial charge on any atom is 0.313 e. The molecule has 0 atom stereocenters. The van der Waals surface area contributed by atoms with Crippen molar-refractivity contribution in [3.05, 3.63) is 24.0 Å². The normalized spacial score (nSPS) is 11.3. The Bertz CT molecular complexity index is 512. The predicted octanol–water partition coefficient (Wildman–Crippen LogP) is 1.03. The lowest BCUT2D eigenvalue weighted by Gasteiger charge is -2.28. The molecular weight excluding hydrogens is 268 g/mol. The highest BCUT2D eigenvalue weighted by atomic mass is 16.2. The zero-order valence-electron chi connectivity index (χ0n) is 13.4. The van der Waals surface area contributed by atoms with Gasteiger partial charge < -0.3 is 15.5 Å². The second-order valence-corrected chi connectivity index (χ2v) is 6.23. The Labute approximate surface area is 125 Å². The summed E-state index contributed by atoms with van der Waals surface area (Å²) in [5, 5.41) is 5.23. The van der Waals surface area contributed by atoms with Crippen LogP contribution in [0.15, 0.2) is 18.5 Å². The monoisotopic (exact) mass is 292 g/mol. The summed E-state index contributed by atoms with van der Waals surface area (Å²) in [6.45, 7) is 7.17. The van der Waals surface area contributed by atoms with Gasteiger partial charge in [-0.2, -0.15) is 0 Å². The highest BCUT2D eigenvalue weighted by Gasteiger charge is 2.22. The Morgan fingerprint density at radius 1 is 1.29 bits per heavy atom. The Morgan fingerprint density at radius 3 is 2.52 bits per heavy atom. The highest BCUT2D eigenvalue weighted by Crippen LogP contribution is 2.14. The van der Waals surface area contributed by atoms with Crippen LogP contribution in [0.5, 0.6) is 0 Å². The van der Waals surface area contributed by atoms with E-state index in [0.717, 1.165) is 12.1 Å². The Balaban J connectivity index is 2.52. The number of carbonyl (C=O) groups is 2. The highest BCUT2D eigenvalue weighted by molar-refractivity contribution is 6.39. The molecule has 0 radical (unpaired) electrons. The number of nitrogens with one attached hydrogen (secondary N) is 2. The van der Waals surface area contributed by atoms with Gasteiger partial charge >= 0.3 is 11.8 Å². The van der Waals surface area contributed by atoms with Crippen molar-refractivity contribution in [1.82, 2.24) is 15.2 Å². The first-order valence-corrected chi connectivity index (χ1v) is 6.86. The maximum absolute atomic E-state index is 11.8. The van der Waals surface area contributed by atoms with Gasteiger partial charge in [-0.15, -0.1) is 0 Å². The molecule has 2 amide bonds. The Hall–Kier alpha value is -1.95. The summed E-state index contributed by atoms with van der Waals surface area (Å²) >= 11 is 0. The van der Waals surface area contributed by atoms with Crippen molar-refractivity contribution in [1.29, 1.82) is 0 Å². The van der Waals surface area contributed by atoms with Gasteiger partial charge in [0, 0.05) is 19.3 Å². The first kappa shape index (κ1) is 17.1. The molecule has 0 saturated carbocycles. The summed E-state index contributed by atoms with van der Waals surface area (Å²) < 4.78 is 0. The Morgan fingerprint density at radius 2 is 1.95 bits per heavy atom. The molecule has 6 nitrogen and oxygen atoms in total. The van der Waals surface area contributed by atoms with Gasteiger partial charge in [0.05, 0.1) is 11.9 Å². The quantitative estimate of drug-likeness (QED) is 0.795. The average molecular weight is 292 g/mol. The van der Waals surface area contributed by atoms with Crippen molar-refractivity contribution in [3.63, 3.8) is 0 Å². The van der Waals surface area contributed by atoms with Crippen molar-refractivity contribution in [2.24, 2.45) is 5.41 Å². The molecule has 1 aromatic heterocycles.